The summed E-state index contributed by atoms with van der Waals surface area (Å²) in [6, 6.07) is 6.03. The molecule has 0 aliphatic rings. The largest absolute Gasteiger partial charge is 0.298 e. The van der Waals surface area contributed by atoms with Crippen molar-refractivity contribution in [3.8, 4) is 0 Å². The van der Waals surface area contributed by atoms with Crippen molar-refractivity contribution >= 4 is 35.9 Å². The van der Waals surface area contributed by atoms with Crippen molar-refractivity contribution in [1.29, 1.82) is 0 Å². The van der Waals surface area contributed by atoms with Gasteiger partial charge in [-0.2, -0.15) is 0 Å². The number of carbonyl (C=O) groups excluding carboxylic acids is 4. The molecule has 2 aromatic carbocycles. The van der Waals surface area contributed by atoms with Crippen molar-refractivity contribution in [2.75, 3.05) is 0 Å². The number of rotatable bonds is 4. The topological polar surface area (TPSA) is 68.3 Å². The number of hydrogen-bond donors (Lipinski definition) is 0. The molecule has 88 valence electrons. The second kappa shape index (κ2) is 4.71. The van der Waals surface area contributed by atoms with Gasteiger partial charge in [0.25, 0.3) is 0 Å². The Kier molecular flexibility index (Phi) is 3.10. The van der Waals surface area contributed by atoms with Gasteiger partial charge in [0.05, 0.1) is 0 Å². The molecule has 0 saturated carbocycles. The second-order valence-corrected chi connectivity index (χ2v) is 3.70. The van der Waals surface area contributed by atoms with Crippen LogP contribution in [0.2, 0.25) is 0 Å². The van der Waals surface area contributed by atoms with E-state index in [-0.39, 0.29) is 22.3 Å². The molecule has 0 saturated heterocycles. The third-order valence-electron chi connectivity index (χ3n) is 2.84. The van der Waals surface area contributed by atoms with E-state index in [9.17, 15) is 19.2 Å². The minimum Gasteiger partial charge on any atom is -0.298 e. The van der Waals surface area contributed by atoms with E-state index in [1.54, 1.807) is 12.1 Å². The lowest BCUT2D eigenvalue weighted by molar-refractivity contribution is 0.109. The molecule has 4 nitrogen and oxygen atoms in total. The maximum Gasteiger partial charge on any atom is 0.151 e. The lowest BCUT2D eigenvalue weighted by Gasteiger charge is -2.07. The van der Waals surface area contributed by atoms with Crippen molar-refractivity contribution in [1.82, 2.24) is 0 Å². The summed E-state index contributed by atoms with van der Waals surface area (Å²) in [5.74, 6) is 0. The molecule has 0 amide bonds. The molecule has 0 atom stereocenters. The zero-order valence-corrected chi connectivity index (χ0v) is 9.25. The number of fused-ring (bicyclic) bond motifs is 1. The Hall–Kier alpha value is -2.62. The van der Waals surface area contributed by atoms with Crippen LogP contribution in [-0.4, -0.2) is 25.1 Å². The van der Waals surface area contributed by atoms with Crippen molar-refractivity contribution in [2.24, 2.45) is 0 Å². The highest BCUT2D eigenvalue weighted by Crippen LogP contribution is 2.25. The van der Waals surface area contributed by atoms with E-state index in [0.29, 0.717) is 35.9 Å². The number of hydrogen-bond acceptors (Lipinski definition) is 4. The Morgan fingerprint density at radius 2 is 0.944 bits per heavy atom. The van der Waals surface area contributed by atoms with Gasteiger partial charge in [0.1, 0.15) is 0 Å². The molecule has 0 fully saturated rings. The maximum absolute atomic E-state index is 11.0. The van der Waals surface area contributed by atoms with Gasteiger partial charge in [-0.15, -0.1) is 0 Å². The van der Waals surface area contributed by atoms with Gasteiger partial charge in [-0.05, 0) is 10.8 Å². The summed E-state index contributed by atoms with van der Waals surface area (Å²) < 4.78 is 0. The average Bonchev–Trinajstić information content (AvgIpc) is 2.44. The number of aldehydes is 4. The summed E-state index contributed by atoms with van der Waals surface area (Å²) >= 11 is 0. The first kappa shape index (κ1) is 11.9. The molecule has 4 heteroatoms. The van der Waals surface area contributed by atoms with Crippen LogP contribution in [0.3, 0.4) is 0 Å². The lowest BCUT2D eigenvalue weighted by atomic mass is 9.95. The van der Waals surface area contributed by atoms with Gasteiger partial charge in [0.15, 0.2) is 25.1 Å². The third-order valence-corrected chi connectivity index (χ3v) is 2.84. The van der Waals surface area contributed by atoms with E-state index in [1.807, 2.05) is 0 Å². The Morgan fingerprint density at radius 1 is 0.556 bits per heavy atom. The minimum absolute atomic E-state index is 0.225. The zero-order chi connectivity index (χ0) is 13.1. The Balaban J connectivity index is 2.97. The van der Waals surface area contributed by atoms with E-state index >= 15 is 0 Å². The molecule has 0 heterocycles. The van der Waals surface area contributed by atoms with Gasteiger partial charge in [-0.25, -0.2) is 0 Å². The van der Waals surface area contributed by atoms with Crippen LogP contribution in [0.1, 0.15) is 41.4 Å². The van der Waals surface area contributed by atoms with E-state index < -0.39 is 0 Å². The molecule has 0 spiro atoms. The monoisotopic (exact) mass is 240 g/mol. The molecule has 0 aliphatic carbocycles. The number of benzene rings is 2. The Labute approximate surface area is 102 Å². The Bertz CT molecular complexity index is 612. The van der Waals surface area contributed by atoms with Gasteiger partial charge in [-0.3, -0.25) is 19.2 Å². The Morgan fingerprint density at radius 3 is 1.22 bits per heavy atom. The van der Waals surface area contributed by atoms with Crippen LogP contribution >= 0.6 is 0 Å². The highest BCUT2D eigenvalue weighted by Gasteiger charge is 2.11. The van der Waals surface area contributed by atoms with Crippen LogP contribution in [0.25, 0.3) is 10.8 Å². The van der Waals surface area contributed by atoms with Crippen LogP contribution < -0.4 is 0 Å². The smallest absolute Gasteiger partial charge is 0.151 e. The molecular weight excluding hydrogens is 232 g/mol. The van der Waals surface area contributed by atoms with Gasteiger partial charge >= 0.3 is 0 Å². The molecule has 18 heavy (non-hydrogen) atoms. The molecule has 0 bridgehead atoms. The van der Waals surface area contributed by atoms with Crippen LogP contribution in [0.15, 0.2) is 24.3 Å². The van der Waals surface area contributed by atoms with E-state index in [2.05, 4.69) is 0 Å². The molecule has 2 rings (SSSR count). The predicted octanol–water partition coefficient (Wildman–Crippen LogP) is 2.09. The summed E-state index contributed by atoms with van der Waals surface area (Å²) in [6.07, 6.45) is 2.30. The van der Waals surface area contributed by atoms with Crippen LogP contribution in [-0.2, 0) is 0 Å². The fourth-order valence-corrected chi connectivity index (χ4v) is 1.95. The van der Waals surface area contributed by atoms with Crippen LogP contribution in [0.5, 0.6) is 0 Å². The van der Waals surface area contributed by atoms with E-state index in [0.717, 1.165) is 0 Å². The van der Waals surface area contributed by atoms with Gasteiger partial charge in [0.2, 0.25) is 0 Å². The minimum atomic E-state index is 0.225. The first-order valence-corrected chi connectivity index (χ1v) is 5.17. The average molecular weight is 240 g/mol. The van der Waals surface area contributed by atoms with Gasteiger partial charge < -0.3 is 0 Å². The highest BCUT2D eigenvalue weighted by atomic mass is 16.1. The van der Waals surface area contributed by atoms with E-state index in [4.69, 9.17) is 0 Å². The highest BCUT2D eigenvalue weighted by molar-refractivity contribution is 6.11. The fraction of sp³-hybridized carbons (Fsp3) is 0. The summed E-state index contributed by atoms with van der Waals surface area (Å²) in [7, 11) is 0. The second-order valence-electron chi connectivity index (χ2n) is 3.70. The quantitative estimate of drug-likeness (QED) is 0.767. The van der Waals surface area contributed by atoms with Crippen molar-refractivity contribution < 1.29 is 19.2 Å². The SMILES string of the molecule is O=Cc1ccc2c(C=O)c(C=O)ccc2c1C=O. The van der Waals surface area contributed by atoms with Crippen LogP contribution in [0, 0.1) is 0 Å². The zero-order valence-electron chi connectivity index (χ0n) is 9.25. The fourth-order valence-electron chi connectivity index (χ4n) is 1.95. The molecule has 0 unspecified atom stereocenters. The molecule has 0 aliphatic heterocycles. The van der Waals surface area contributed by atoms with Crippen molar-refractivity contribution in [3.63, 3.8) is 0 Å². The van der Waals surface area contributed by atoms with Crippen molar-refractivity contribution in [3.05, 3.63) is 46.5 Å². The first-order chi connectivity index (χ1) is 8.76. The summed E-state index contributed by atoms with van der Waals surface area (Å²) in [6.45, 7) is 0. The van der Waals surface area contributed by atoms with E-state index in [1.165, 1.54) is 12.1 Å². The van der Waals surface area contributed by atoms with Gasteiger partial charge in [-0.1, -0.05) is 24.3 Å². The predicted molar refractivity (Wildman–Crippen MR) is 65.5 cm³/mol. The molecule has 0 N–H and O–H groups in total. The van der Waals surface area contributed by atoms with Crippen molar-refractivity contribution in [2.45, 2.75) is 0 Å². The standard InChI is InChI=1S/C14H8O4/c15-5-9-1-3-11-12(13(9)7-17)4-2-10(6-16)14(11)8-18/h1-8H. The first-order valence-electron chi connectivity index (χ1n) is 5.17. The summed E-state index contributed by atoms with van der Waals surface area (Å²) in [4.78, 5) is 43.7. The number of carbonyl (C=O) groups is 4. The normalized spacial score (nSPS) is 10.0. The lowest BCUT2D eigenvalue weighted by Crippen LogP contribution is -1.97. The maximum atomic E-state index is 11.0. The molecule has 0 aromatic heterocycles. The summed E-state index contributed by atoms with van der Waals surface area (Å²) in [5, 5.41) is 0.976. The summed E-state index contributed by atoms with van der Waals surface area (Å²) in [5.41, 5.74) is 0.965. The van der Waals surface area contributed by atoms with Crippen LogP contribution in [0.4, 0.5) is 0 Å². The molecule has 0 radical (unpaired) electrons. The van der Waals surface area contributed by atoms with Gasteiger partial charge in [0, 0.05) is 22.3 Å². The molecule has 2 aromatic rings. The molecular formula is C14H8O4. The third kappa shape index (κ3) is 1.64.